The summed E-state index contributed by atoms with van der Waals surface area (Å²) in [6.07, 6.45) is 0. The predicted octanol–water partition coefficient (Wildman–Crippen LogP) is 2.50. The van der Waals surface area contributed by atoms with Crippen LogP contribution in [0.1, 0.15) is 26.5 Å². The van der Waals surface area contributed by atoms with Gasteiger partial charge in [0.15, 0.2) is 17.3 Å². The Hall–Kier alpha value is -5.38. The van der Waals surface area contributed by atoms with Gasteiger partial charge in [0.05, 0.1) is 16.8 Å². The number of rotatable bonds is 7. The standard InChI is InChI=1S/C20H14N8O5/c21-9-14(27-25-12-7-3-1-5-10(12)19(30)31)17-23-16(22)15(18(29)24-17)28-26-13-8-4-2-6-11(13)20(32)33/h1-8,25H,(H,30,31)(H,32,33)(H3,22,23,24,29)/b27-14+,28-26?. The number of carbonyl (C=O) groups is 2. The van der Waals surface area contributed by atoms with Crippen LogP contribution in [0, 0.1) is 11.3 Å². The fourth-order valence-electron chi connectivity index (χ4n) is 2.55. The monoisotopic (exact) mass is 446 g/mol. The summed E-state index contributed by atoms with van der Waals surface area (Å²) in [6.45, 7) is 0. The zero-order valence-corrected chi connectivity index (χ0v) is 16.6. The van der Waals surface area contributed by atoms with Crippen molar-refractivity contribution < 1.29 is 19.8 Å². The molecule has 1 heterocycles. The number of hydrazone groups is 1. The maximum Gasteiger partial charge on any atom is 0.337 e. The van der Waals surface area contributed by atoms with E-state index < -0.39 is 28.9 Å². The molecular formula is C20H14N8O5. The molecule has 0 fully saturated rings. The maximum atomic E-state index is 12.4. The van der Waals surface area contributed by atoms with E-state index in [0.29, 0.717) is 0 Å². The number of hydrogen-bond acceptors (Lipinski definition) is 10. The maximum absolute atomic E-state index is 12.4. The van der Waals surface area contributed by atoms with Gasteiger partial charge in [-0.05, 0) is 24.3 Å². The van der Waals surface area contributed by atoms with Crippen LogP contribution in [-0.2, 0) is 0 Å². The second-order valence-electron chi connectivity index (χ2n) is 6.21. The molecule has 164 valence electrons. The van der Waals surface area contributed by atoms with Crippen molar-refractivity contribution in [3.63, 3.8) is 0 Å². The minimum absolute atomic E-state index is 0.00607. The number of benzene rings is 2. The van der Waals surface area contributed by atoms with Gasteiger partial charge in [0, 0.05) is 0 Å². The second-order valence-corrected chi connectivity index (χ2v) is 6.21. The Morgan fingerprint density at radius 2 is 1.67 bits per heavy atom. The Morgan fingerprint density at radius 1 is 1.03 bits per heavy atom. The summed E-state index contributed by atoms with van der Waals surface area (Å²) < 4.78 is 0. The number of carboxylic acid groups (broad SMARTS) is 2. The number of nitrogens with one attached hydrogen (secondary N) is 2. The first kappa shape index (κ1) is 22.3. The lowest BCUT2D eigenvalue weighted by atomic mass is 10.2. The SMILES string of the molecule is N#C/C(=N\Nc1ccccc1C(=O)O)c1nc(N)c(N=Nc2ccccc2C(=O)O)c(=O)[nH]1. The van der Waals surface area contributed by atoms with Crippen LogP contribution in [0.3, 0.4) is 0 Å². The summed E-state index contributed by atoms with van der Waals surface area (Å²) in [5, 5.41) is 39.0. The zero-order chi connectivity index (χ0) is 24.0. The highest BCUT2D eigenvalue weighted by Gasteiger charge is 2.15. The van der Waals surface area contributed by atoms with Gasteiger partial charge in [-0.2, -0.15) is 10.4 Å². The third-order valence-electron chi connectivity index (χ3n) is 4.09. The number of aromatic amines is 1. The summed E-state index contributed by atoms with van der Waals surface area (Å²) >= 11 is 0. The van der Waals surface area contributed by atoms with Crippen molar-refractivity contribution in [2.75, 3.05) is 11.2 Å². The highest BCUT2D eigenvalue weighted by atomic mass is 16.4. The largest absolute Gasteiger partial charge is 0.478 e. The number of nitrogens with zero attached hydrogens (tertiary/aromatic N) is 5. The number of H-pyrrole nitrogens is 1. The smallest absolute Gasteiger partial charge is 0.337 e. The molecule has 0 radical (unpaired) electrons. The highest BCUT2D eigenvalue weighted by molar-refractivity contribution is 6.09. The van der Waals surface area contributed by atoms with Gasteiger partial charge < -0.3 is 20.9 Å². The van der Waals surface area contributed by atoms with Gasteiger partial charge in [0.25, 0.3) is 5.56 Å². The first-order valence-corrected chi connectivity index (χ1v) is 9.02. The van der Waals surface area contributed by atoms with Gasteiger partial charge in [-0.25, -0.2) is 14.6 Å². The second kappa shape index (κ2) is 9.62. The minimum atomic E-state index is -1.23. The Labute approximate surface area is 184 Å². The molecule has 0 saturated carbocycles. The number of azo groups is 1. The molecule has 0 spiro atoms. The van der Waals surface area contributed by atoms with Crippen LogP contribution in [0.5, 0.6) is 0 Å². The molecule has 6 N–H and O–H groups in total. The van der Waals surface area contributed by atoms with Crippen LogP contribution in [0.25, 0.3) is 0 Å². The molecule has 3 rings (SSSR count). The van der Waals surface area contributed by atoms with Crippen molar-refractivity contribution in [3.05, 3.63) is 75.8 Å². The molecule has 0 unspecified atom stereocenters. The third-order valence-corrected chi connectivity index (χ3v) is 4.09. The summed E-state index contributed by atoms with van der Waals surface area (Å²) in [6, 6.07) is 13.3. The normalized spacial score (nSPS) is 11.2. The molecule has 0 bridgehead atoms. The van der Waals surface area contributed by atoms with Crippen LogP contribution < -0.4 is 16.7 Å². The molecule has 3 aromatic rings. The van der Waals surface area contributed by atoms with Crippen molar-refractivity contribution in [1.82, 2.24) is 9.97 Å². The highest BCUT2D eigenvalue weighted by Crippen LogP contribution is 2.23. The molecule has 0 saturated heterocycles. The van der Waals surface area contributed by atoms with E-state index >= 15 is 0 Å². The number of nitriles is 1. The van der Waals surface area contributed by atoms with E-state index in [9.17, 15) is 29.9 Å². The Kier molecular flexibility index (Phi) is 6.50. The van der Waals surface area contributed by atoms with Gasteiger partial charge in [0.1, 0.15) is 11.8 Å². The molecule has 0 aliphatic heterocycles. The number of anilines is 2. The Morgan fingerprint density at radius 3 is 2.30 bits per heavy atom. The summed E-state index contributed by atoms with van der Waals surface area (Å²) in [4.78, 5) is 41.1. The summed E-state index contributed by atoms with van der Waals surface area (Å²) in [7, 11) is 0. The lowest BCUT2D eigenvalue weighted by Crippen LogP contribution is -2.18. The van der Waals surface area contributed by atoms with Crippen molar-refractivity contribution in [2.45, 2.75) is 0 Å². The third kappa shape index (κ3) is 5.03. The van der Waals surface area contributed by atoms with E-state index in [2.05, 4.69) is 30.7 Å². The van der Waals surface area contributed by atoms with Crippen molar-refractivity contribution in [1.29, 1.82) is 5.26 Å². The van der Waals surface area contributed by atoms with Crippen LogP contribution in [0.4, 0.5) is 22.9 Å². The minimum Gasteiger partial charge on any atom is -0.478 e. The molecule has 0 amide bonds. The quantitative estimate of drug-likeness (QED) is 0.204. The number of nitrogens with two attached hydrogens (primary N) is 1. The van der Waals surface area contributed by atoms with Crippen LogP contribution in [-0.4, -0.2) is 37.8 Å². The van der Waals surface area contributed by atoms with Gasteiger partial charge >= 0.3 is 11.9 Å². The number of aromatic nitrogens is 2. The predicted molar refractivity (Wildman–Crippen MR) is 116 cm³/mol. The van der Waals surface area contributed by atoms with E-state index in [1.54, 1.807) is 18.2 Å². The number of aromatic carboxylic acids is 2. The first-order valence-electron chi connectivity index (χ1n) is 9.02. The van der Waals surface area contributed by atoms with Crippen LogP contribution in [0.15, 0.2) is 68.7 Å². The van der Waals surface area contributed by atoms with Gasteiger partial charge in [-0.3, -0.25) is 10.2 Å². The van der Waals surface area contributed by atoms with Crippen molar-refractivity contribution >= 4 is 40.5 Å². The Bertz CT molecular complexity index is 1400. The fourth-order valence-corrected chi connectivity index (χ4v) is 2.55. The summed E-state index contributed by atoms with van der Waals surface area (Å²) in [5.41, 5.74) is 6.46. The number of nitrogen functional groups attached to an aromatic ring is 1. The molecule has 0 atom stereocenters. The molecule has 13 nitrogen and oxygen atoms in total. The topological polar surface area (TPSA) is 219 Å². The average molecular weight is 446 g/mol. The Balaban J connectivity index is 1.93. The molecule has 0 aliphatic rings. The average Bonchev–Trinajstić information content (AvgIpc) is 2.79. The molecule has 1 aromatic heterocycles. The van der Waals surface area contributed by atoms with E-state index in [1.807, 2.05) is 0 Å². The molecule has 2 aromatic carbocycles. The number of hydrogen-bond donors (Lipinski definition) is 5. The summed E-state index contributed by atoms with van der Waals surface area (Å²) in [5.74, 6) is -3.13. The zero-order valence-electron chi connectivity index (χ0n) is 16.6. The fraction of sp³-hybridized carbons (Fsp3) is 0. The van der Waals surface area contributed by atoms with Crippen LogP contribution >= 0.6 is 0 Å². The molecule has 33 heavy (non-hydrogen) atoms. The van der Waals surface area contributed by atoms with E-state index in [1.165, 1.54) is 36.4 Å². The van der Waals surface area contributed by atoms with Crippen molar-refractivity contribution in [2.24, 2.45) is 15.3 Å². The number of para-hydroxylation sites is 1. The van der Waals surface area contributed by atoms with Gasteiger partial charge in [-0.1, -0.05) is 24.3 Å². The lowest BCUT2D eigenvalue weighted by Gasteiger charge is -2.06. The molecule has 13 heteroatoms. The van der Waals surface area contributed by atoms with Crippen LogP contribution in [0.2, 0.25) is 0 Å². The van der Waals surface area contributed by atoms with Gasteiger partial charge in [0.2, 0.25) is 5.71 Å². The van der Waals surface area contributed by atoms with E-state index in [4.69, 9.17) is 5.73 Å². The first-order chi connectivity index (χ1) is 15.8. The van der Waals surface area contributed by atoms with Gasteiger partial charge in [-0.15, -0.1) is 10.2 Å². The van der Waals surface area contributed by atoms with E-state index in [-0.39, 0.29) is 34.1 Å². The van der Waals surface area contributed by atoms with E-state index in [0.717, 1.165) is 0 Å². The molecular weight excluding hydrogens is 432 g/mol. The number of carboxylic acids is 2. The lowest BCUT2D eigenvalue weighted by molar-refractivity contribution is 0.0687. The molecule has 0 aliphatic carbocycles. The van der Waals surface area contributed by atoms with Crippen molar-refractivity contribution in [3.8, 4) is 6.07 Å².